The Morgan fingerprint density at radius 3 is 1.64 bits per heavy atom. The van der Waals surface area contributed by atoms with E-state index in [1.165, 1.54) is 13.1 Å². The van der Waals surface area contributed by atoms with Crippen LogP contribution in [0.5, 0.6) is 11.5 Å². The molecule has 4 N–H and O–H groups in total. The summed E-state index contributed by atoms with van der Waals surface area (Å²) in [6.07, 6.45) is -4.28. The van der Waals surface area contributed by atoms with Crippen LogP contribution in [0.15, 0.2) is 217 Å². The van der Waals surface area contributed by atoms with Crippen LogP contribution in [0.25, 0.3) is 0 Å². The average molecular weight is 1330 g/mol. The van der Waals surface area contributed by atoms with Crippen molar-refractivity contribution in [1.29, 1.82) is 0 Å². The van der Waals surface area contributed by atoms with Crippen molar-refractivity contribution in [2.24, 2.45) is 11.3 Å². The standard InChI is InChI=1S/C74H84N5O14PS/c1-51(2)63(77-69(83)93-70(3,4)5)65(80)92-64-61(91-66(72(64,8)84)79-45-44-62(76-68(79)82)78-73(53-28-18-12-19-29-53,54-36-40-59(86-9)41-37-54)55-38-42-60(87-10)43-39-55)49-90-94(85,75-48-52-26-16-11-17-27-52)89-46-47-95-67(81)71(6,7)50-88-74(56-30-20-13-21-31-56,57-32-22-14-23-33-57)58-34-24-15-25-35-58/h11-45,51,61,63-64,66,84H,46-50H2,1-10H3,(H,75,85)(H,77,83)(H,76,78,82)/t61-,63-,64-,66-,72-,94?/m1/s1. The lowest BCUT2D eigenvalue weighted by atomic mass is 9.77. The number of hydrogen-bond donors (Lipinski definition) is 4. The molecule has 1 amide bonds. The van der Waals surface area contributed by atoms with Gasteiger partial charge in [0.1, 0.15) is 51.8 Å². The number of alkyl carbamates (subject to hydrolysis) is 1. The SMILES string of the molecule is COc1ccc(C(Nc2ccn([C@@H]3O[C@H](COP(=O)(NCc4ccccc4)OCCSC(=O)C(C)(C)COC(c4ccccc4)(c4ccccc4)c4ccccc4)[C@@H](OC(=O)[C@H](NC(=O)OC(C)(C)C)C(C)C)[C@@]3(C)O)c(=O)n2)(c2ccccc2)c2ccc(OC)cc2)cc1. The fraction of sp³-hybridized carbons (Fsp3) is 0.338. The third kappa shape index (κ3) is 17.0. The molecule has 0 radical (unpaired) electrons. The van der Waals surface area contributed by atoms with Gasteiger partial charge in [-0.05, 0) is 117 Å². The molecule has 500 valence electrons. The number of aliphatic hydroxyl groups is 1. The maximum atomic E-state index is 15.2. The van der Waals surface area contributed by atoms with Crippen molar-refractivity contribution in [3.63, 3.8) is 0 Å². The van der Waals surface area contributed by atoms with Gasteiger partial charge in [0.05, 0.1) is 39.5 Å². The number of amides is 1. The van der Waals surface area contributed by atoms with Crippen LogP contribution >= 0.6 is 19.5 Å². The zero-order valence-corrected chi connectivity index (χ0v) is 56.8. The summed E-state index contributed by atoms with van der Waals surface area (Å²) in [5, 5.41) is 21.7. The van der Waals surface area contributed by atoms with E-state index in [2.05, 4.69) is 20.7 Å². The minimum absolute atomic E-state index is 0.00116. The number of carbonyl (C=O) groups is 3. The molecule has 19 nitrogen and oxygen atoms in total. The number of hydrogen-bond acceptors (Lipinski definition) is 17. The monoisotopic (exact) mass is 1330 g/mol. The van der Waals surface area contributed by atoms with Crippen LogP contribution in [0, 0.1) is 11.3 Å². The Morgan fingerprint density at radius 1 is 0.684 bits per heavy atom. The van der Waals surface area contributed by atoms with Gasteiger partial charge in [0.15, 0.2) is 17.4 Å². The molecule has 7 aromatic carbocycles. The van der Waals surface area contributed by atoms with Gasteiger partial charge in [-0.3, -0.25) is 18.4 Å². The molecule has 8 aromatic rings. The first-order chi connectivity index (χ1) is 45.4. The Kier molecular flexibility index (Phi) is 23.1. The number of benzene rings is 7. The number of esters is 1. The summed E-state index contributed by atoms with van der Waals surface area (Å²) >= 11 is 0.986. The number of thioether (sulfide) groups is 1. The van der Waals surface area contributed by atoms with E-state index in [1.54, 1.807) is 54.9 Å². The summed E-state index contributed by atoms with van der Waals surface area (Å²) in [5.74, 6) is -0.128. The average Bonchev–Trinajstić information content (AvgIpc) is 1.60. The van der Waals surface area contributed by atoms with Crippen LogP contribution < -0.4 is 30.9 Å². The molecule has 1 aliphatic heterocycles. The van der Waals surface area contributed by atoms with E-state index in [1.807, 2.05) is 214 Å². The molecule has 1 fully saturated rings. The summed E-state index contributed by atoms with van der Waals surface area (Å²) in [7, 11) is -1.28. The van der Waals surface area contributed by atoms with Crippen molar-refractivity contribution in [2.75, 3.05) is 45.1 Å². The lowest BCUT2D eigenvalue weighted by Crippen LogP contribution is -2.53. The van der Waals surface area contributed by atoms with Crippen LogP contribution in [-0.2, 0) is 59.8 Å². The molecule has 6 atom stereocenters. The van der Waals surface area contributed by atoms with Gasteiger partial charge in [0.2, 0.25) is 0 Å². The topological polar surface area (TPSA) is 233 Å². The molecule has 0 spiro atoms. The van der Waals surface area contributed by atoms with Gasteiger partial charge in [0, 0.05) is 18.5 Å². The van der Waals surface area contributed by atoms with E-state index in [0.29, 0.717) is 11.5 Å². The van der Waals surface area contributed by atoms with Crippen LogP contribution in [0.1, 0.15) is 101 Å². The van der Waals surface area contributed by atoms with Crippen molar-refractivity contribution < 1.29 is 61.5 Å². The second kappa shape index (κ2) is 31.0. The Morgan fingerprint density at radius 2 is 1.17 bits per heavy atom. The predicted molar refractivity (Wildman–Crippen MR) is 366 cm³/mol. The highest BCUT2D eigenvalue weighted by atomic mass is 32.2. The smallest absolute Gasteiger partial charge is 0.408 e. The fourth-order valence-electron chi connectivity index (χ4n) is 11.3. The number of methoxy groups -OCH3 is 2. The Labute approximate surface area is 559 Å². The van der Waals surface area contributed by atoms with Crippen molar-refractivity contribution in [3.8, 4) is 11.5 Å². The van der Waals surface area contributed by atoms with E-state index >= 15 is 4.57 Å². The summed E-state index contributed by atoms with van der Waals surface area (Å²) in [6, 6.07) is 63.6. The Bertz CT molecular complexity index is 3770. The molecule has 1 aromatic heterocycles. The number of rotatable bonds is 29. The zero-order valence-electron chi connectivity index (χ0n) is 55.1. The van der Waals surface area contributed by atoms with Gasteiger partial charge >= 0.3 is 25.5 Å². The molecular formula is C74H84N5O14PS. The summed E-state index contributed by atoms with van der Waals surface area (Å²) in [4.78, 5) is 61.4. The van der Waals surface area contributed by atoms with E-state index < -0.39 is 90.3 Å². The third-order valence-electron chi connectivity index (χ3n) is 16.3. The van der Waals surface area contributed by atoms with Crippen LogP contribution in [0.4, 0.5) is 10.6 Å². The minimum atomic E-state index is -4.44. The highest BCUT2D eigenvalue weighted by Crippen LogP contribution is 2.49. The van der Waals surface area contributed by atoms with Gasteiger partial charge in [-0.15, -0.1) is 0 Å². The molecule has 0 aliphatic carbocycles. The maximum Gasteiger partial charge on any atom is 0.408 e. The number of anilines is 1. The van der Waals surface area contributed by atoms with E-state index in [0.717, 1.165) is 55.3 Å². The first-order valence-electron chi connectivity index (χ1n) is 31.4. The van der Waals surface area contributed by atoms with E-state index in [-0.39, 0.29) is 36.4 Å². The van der Waals surface area contributed by atoms with Crippen LogP contribution in [0.3, 0.4) is 0 Å². The maximum absolute atomic E-state index is 15.2. The Balaban J connectivity index is 0.990. The second-order valence-corrected chi connectivity index (χ2v) is 28.1. The molecule has 1 unspecified atom stereocenters. The van der Waals surface area contributed by atoms with Gasteiger partial charge in [-0.25, -0.2) is 24.0 Å². The predicted octanol–water partition coefficient (Wildman–Crippen LogP) is 13.0. The highest BCUT2D eigenvalue weighted by molar-refractivity contribution is 8.13. The molecule has 1 saturated heterocycles. The van der Waals surface area contributed by atoms with Crippen molar-refractivity contribution in [1.82, 2.24) is 20.0 Å². The molecule has 0 bridgehead atoms. The van der Waals surface area contributed by atoms with E-state index in [4.69, 9.17) is 37.5 Å². The number of ether oxygens (including phenoxy) is 6. The van der Waals surface area contributed by atoms with Gasteiger partial charge < -0.3 is 44.2 Å². The lowest BCUT2D eigenvalue weighted by Gasteiger charge is -2.38. The van der Waals surface area contributed by atoms with Gasteiger partial charge in [-0.1, -0.05) is 202 Å². The molecule has 9 rings (SSSR count). The fourth-order valence-corrected chi connectivity index (χ4v) is 13.6. The number of carbonyl (C=O) groups excluding carboxylic acids is 3. The minimum Gasteiger partial charge on any atom is -0.497 e. The summed E-state index contributed by atoms with van der Waals surface area (Å²) in [6.45, 7) is 12.5. The normalized spacial score (nSPS) is 17.7. The van der Waals surface area contributed by atoms with Crippen LogP contribution in [-0.4, -0.2) is 101 Å². The number of aromatic nitrogens is 2. The number of nitrogens with one attached hydrogen (secondary N) is 3. The molecular weight excluding hydrogens is 1250 g/mol. The van der Waals surface area contributed by atoms with Gasteiger partial charge in [-0.2, -0.15) is 4.98 Å². The zero-order chi connectivity index (χ0) is 68.0. The van der Waals surface area contributed by atoms with Crippen LogP contribution in [0.2, 0.25) is 0 Å². The van der Waals surface area contributed by atoms with Crippen molar-refractivity contribution >= 4 is 42.5 Å². The summed E-state index contributed by atoms with van der Waals surface area (Å²) < 4.78 is 65.1. The van der Waals surface area contributed by atoms with Gasteiger partial charge in [0.25, 0.3) is 0 Å². The van der Waals surface area contributed by atoms with E-state index in [9.17, 15) is 24.3 Å². The molecule has 21 heteroatoms. The van der Waals surface area contributed by atoms with Crippen molar-refractivity contribution in [3.05, 3.63) is 262 Å². The molecule has 1 aliphatic rings. The van der Waals surface area contributed by atoms with Crippen molar-refractivity contribution in [2.45, 2.75) is 109 Å². The second-order valence-electron chi connectivity index (χ2n) is 25.2. The third-order valence-corrected chi connectivity index (χ3v) is 19.0. The first-order valence-corrected chi connectivity index (χ1v) is 33.9. The Hall–Kier alpha value is -8.43. The summed E-state index contributed by atoms with van der Waals surface area (Å²) in [5.41, 5.74) is -1.67. The number of nitrogens with zero attached hydrogens (tertiary/aromatic N) is 2. The molecule has 95 heavy (non-hydrogen) atoms. The molecule has 2 heterocycles. The first kappa shape index (κ1) is 70.9. The largest absolute Gasteiger partial charge is 0.497 e. The quantitative estimate of drug-likeness (QED) is 0.0148. The molecule has 0 saturated carbocycles. The highest BCUT2D eigenvalue weighted by Gasteiger charge is 2.58. The lowest BCUT2D eigenvalue weighted by molar-refractivity contribution is -0.167.